The van der Waals surface area contributed by atoms with Gasteiger partial charge in [-0.15, -0.1) is 0 Å². The third-order valence-electron chi connectivity index (χ3n) is 7.20. The molecule has 4 aliphatic rings. The van der Waals surface area contributed by atoms with E-state index in [0.29, 0.717) is 11.4 Å². The monoisotopic (exact) mass is 554 g/mol. The number of carbonyl (C=O) groups is 4. The van der Waals surface area contributed by atoms with Crippen molar-refractivity contribution in [3.05, 3.63) is 59.7 Å². The number of nitrogens with zero attached hydrogens (tertiary/aromatic N) is 6. The molecule has 41 heavy (non-hydrogen) atoms. The summed E-state index contributed by atoms with van der Waals surface area (Å²) in [6, 6.07) is 14.1. The second kappa shape index (κ2) is 11.4. The molecule has 6 rings (SSSR count). The first-order valence-corrected chi connectivity index (χ1v) is 12.6. The highest BCUT2D eigenvalue weighted by Crippen LogP contribution is 2.44. The largest absolute Gasteiger partial charge is 0.412 e. The van der Waals surface area contributed by atoms with Crippen LogP contribution in [-0.2, 0) is 19.2 Å². The molecule has 2 saturated carbocycles. The molecule has 2 aliphatic carbocycles. The molecular formula is C28H26N8O5. The van der Waals surface area contributed by atoms with Crippen LogP contribution in [0.3, 0.4) is 0 Å². The minimum atomic E-state index is -0.329. The molecule has 4 unspecified atom stereocenters. The Morgan fingerprint density at radius 3 is 1.34 bits per heavy atom. The fourth-order valence-electron chi connectivity index (χ4n) is 4.88. The average molecular weight is 555 g/mol. The first-order chi connectivity index (χ1) is 19.2. The van der Waals surface area contributed by atoms with Gasteiger partial charge in [0.1, 0.15) is 0 Å². The van der Waals surface area contributed by atoms with E-state index in [2.05, 4.69) is 21.1 Å². The van der Waals surface area contributed by atoms with Gasteiger partial charge in [0, 0.05) is 37.5 Å². The lowest BCUT2D eigenvalue weighted by molar-refractivity contribution is -0.123. The number of hydrogen-bond donors (Lipinski definition) is 2. The van der Waals surface area contributed by atoms with Gasteiger partial charge in [-0.2, -0.15) is 20.7 Å². The van der Waals surface area contributed by atoms with Crippen LogP contribution in [0.4, 0.5) is 11.4 Å². The molecule has 0 radical (unpaired) electrons. The second-order valence-corrected chi connectivity index (χ2v) is 9.85. The van der Waals surface area contributed by atoms with E-state index < -0.39 is 0 Å². The van der Waals surface area contributed by atoms with Crippen molar-refractivity contribution in [2.45, 2.75) is 26.7 Å². The zero-order valence-corrected chi connectivity index (χ0v) is 22.2. The molecule has 2 heterocycles. The molecule has 2 aromatic carbocycles. The Kier molecular flexibility index (Phi) is 7.94. The van der Waals surface area contributed by atoms with Crippen LogP contribution in [0.2, 0.25) is 0 Å². The number of amides is 4. The van der Waals surface area contributed by atoms with Crippen LogP contribution in [0.5, 0.6) is 0 Å². The van der Waals surface area contributed by atoms with Crippen molar-refractivity contribution >= 4 is 46.4 Å². The average Bonchev–Trinajstić information content (AvgIpc) is 3.86. The molecule has 4 N–H and O–H groups in total. The molecule has 2 aromatic rings. The van der Waals surface area contributed by atoms with E-state index in [1.807, 2.05) is 36.7 Å². The van der Waals surface area contributed by atoms with Crippen molar-refractivity contribution in [2.24, 2.45) is 33.9 Å². The van der Waals surface area contributed by atoms with Crippen LogP contribution in [-0.4, -0.2) is 40.5 Å². The zero-order valence-electron chi connectivity index (χ0n) is 22.2. The van der Waals surface area contributed by atoms with Gasteiger partial charge in [-0.05, 0) is 48.2 Å². The Morgan fingerprint density at radius 2 is 1.05 bits per heavy atom. The molecule has 4 atom stereocenters. The fourth-order valence-corrected chi connectivity index (χ4v) is 4.88. The molecular weight excluding hydrogens is 528 g/mol. The molecule has 13 nitrogen and oxygen atoms in total. The van der Waals surface area contributed by atoms with Crippen LogP contribution in [0.25, 0.3) is 0 Å². The van der Waals surface area contributed by atoms with Crippen molar-refractivity contribution < 1.29 is 24.7 Å². The maximum Gasteiger partial charge on any atom is 0.243 e. The summed E-state index contributed by atoms with van der Waals surface area (Å²) in [4.78, 5) is 47.4. The number of hydrogen-bond acceptors (Lipinski definition) is 8. The summed E-state index contributed by atoms with van der Waals surface area (Å²) in [6.07, 6.45) is 5.35. The highest BCUT2D eigenvalue weighted by Gasteiger charge is 2.50. The first-order valence-electron chi connectivity index (χ1n) is 12.6. The van der Waals surface area contributed by atoms with E-state index in [4.69, 9.17) is 10.5 Å². The first kappa shape index (κ1) is 28.6. The van der Waals surface area contributed by atoms with Crippen LogP contribution in [0.15, 0.2) is 58.7 Å². The molecule has 4 amide bonds. The van der Waals surface area contributed by atoms with Gasteiger partial charge in [0.05, 0.1) is 22.8 Å². The Morgan fingerprint density at radius 1 is 0.707 bits per heavy atom. The molecule has 0 spiro atoms. The number of benzene rings is 2. The Hall–Kier alpha value is -5.40. The molecule has 2 fully saturated rings. The van der Waals surface area contributed by atoms with E-state index >= 15 is 0 Å². The SMILES string of the molecule is CC(=O)N(C#N)c1ccc(C2=NNC(=O)C3CC23)cc1.CC(=O)N(C#N)c1ccc(C2=NNC(=O)C3CC23)cc1.O. The van der Waals surface area contributed by atoms with E-state index in [1.165, 1.54) is 13.8 Å². The Labute approximate surface area is 235 Å². The standard InChI is InChI=1S/2C14H12N4O2.H2O/c2*1-8(19)18(7-15)10-4-2-9(3-5-10)13-11-6-12(11)14(20)17-16-13;/h2*2-5,11-12H,6H2,1H3,(H,17,20);1H2. The fraction of sp³-hybridized carbons (Fsp3) is 0.286. The summed E-state index contributed by atoms with van der Waals surface area (Å²) >= 11 is 0. The maximum atomic E-state index is 11.4. The number of hydrazone groups is 2. The van der Waals surface area contributed by atoms with Crippen LogP contribution < -0.4 is 20.7 Å². The summed E-state index contributed by atoms with van der Waals surface area (Å²) in [6.45, 7) is 2.68. The molecule has 208 valence electrons. The summed E-state index contributed by atoms with van der Waals surface area (Å²) in [5.41, 5.74) is 9.64. The summed E-state index contributed by atoms with van der Waals surface area (Å²) in [5.74, 6) is -0.172. The van der Waals surface area contributed by atoms with Gasteiger partial charge < -0.3 is 5.48 Å². The highest BCUT2D eigenvalue weighted by molar-refractivity contribution is 6.10. The Bertz CT molecular complexity index is 1430. The normalized spacial score (nSPS) is 22.4. The van der Waals surface area contributed by atoms with Gasteiger partial charge in [0.25, 0.3) is 0 Å². The van der Waals surface area contributed by atoms with Gasteiger partial charge >= 0.3 is 0 Å². The smallest absolute Gasteiger partial charge is 0.243 e. The Balaban J connectivity index is 0.000000184. The van der Waals surface area contributed by atoms with Crippen molar-refractivity contribution in [3.8, 4) is 12.4 Å². The predicted octanol–water partition coefficient (Wildman–Crippen LogP) is 1.16. The van der Waals surface area contributed by atoms with Crippen LogP contribution >= 0.6 is 0 Å². The molecule has 2 aliphatic heterocycles. The highest BCUT2D eigenvalue weighted by atomic mass is 16.2. The van der Waals surface area contributed by atoms with E-state index in [9.17, 15) is 19.2 Å². The number of rotatable bonds is 4. The number of carbonyl (C=O) groups excluding carboxylic acids is 4. The minimum Gasteiger partial charge on any atom is -0.412 e. The lowest BCUT2D eigenvalue weighted by Gasteiger charge is -2.14. The number of fused-ring (bicyclic) bond motifs is 2. The number of nitriles is 2. The van der Waals surface area contributed by atoms with E-state index in [0.717, 1.165) is 45.2 Å². The summed E-state index contributed by atoms with van der Waals surface area (Å²) in [5, 5.41) is 26.1. The molecule has 0 saturated heterocycles. The lowest BCUT2D eigenvalue weighted by atomic mass is 10.0. The van der Waals surface area contributed by atoms with Gasteiger partial charge in [-0.25, -0.2) is 20.7 Å². The third kappa shape index (κ3) is 5.66. The summed E-state index contributed by atoms with van der Waals surface area (Å²) < 4.78 is 0. The molecule has 13 heteroatoms. The second-order valence-electron chi connectivity index (χ2n) is 9.85. The molecule has 0 aromatic heterocycles. The molecule has 0 bridgehead atoms. The van der Waals surface area contributed by atoms with Gasteiger partial charge in [-0.1, -0.05) is 24.3 Å². The number of nitrogens with one attached hydrogen (secondary N) is 2. The summed E-state index contributed by atoms with van der Waals surface area (Å²) in [7, 11) is 0. The quantitative estimate of drug-likeness (QED) is 0.419. The van der Waals surface area contributed by atoms with Crippen molar-refractivity contribution in [1.82, 2.24) is 10.9 Å². The van der Waals surface area contributed by atoms with E-state index in [1.54, 1.807) is 24.3 Å². The third-order valence-corrected chi connectivity index (χ3v) is 7.20. The van der Waals surface area contributed by atoms with Crippen LogP contribution in [0, 0.1) is 46.6 Å². The van der Waals surface area contributed by atoms with Crippen LogP contribution in [0.1, 0.15) is 37.8 Å². The van der Waals surface area contributed by atoms with Crippen molar-refractivity contribution in [3.63, 3.8) is 0 Å². The van der Waals surface area contributed by atoms with Gasteiger partial charge in [0.15, 0.2) is 12.4 Å². The van der Waals surface area contributed by atoms with Gasteiger partial charge in [0.2, 0.25) is 23.6 Å². The van der Waals surface area contributed by atoms with E-state index in [-0.39, 0.29) is 52.8 Å². The lowest BCUT2D eigenvalue weighted by Crippen LogP contribution is -2.28. The topological polar surface area (TPSA) is 203 Å². The number of anilines is 2. The zero-order chi connectivity index (χ0) is 28.6. The maximum absolute atomic E-state index is 11.4. The van der Waals surface area contributed by atoms with Crippen molar-refractivity contribution in [1.29, 1.82) is 10.5 Å². The van der Waals surface area contributed by atoms with Crippen molar-refractivity contribution in [2.75, 3.05) is 9.80 Å². The van der Waals surface area contributed by atoms with Gasteiger partial charge in [-0.3, -0.25) is 19.2 Å². The predicted molar refractivity (Wildman–Crippen MR) is 147 cm³/mol. The minimum absolute atomic E-state index is 0.